The van der Waals surface area contributed by atoms with Gasteiger partial charge in [-0.25, -0.2) is 22.8 Å². The van der Waals surface area contributed by atoms with Crippen molar-refractivity contribution in [2.45, 2.75) is 67.6 Å². The molecule has 4 rings (SSSR count). The van der Waals surface area contributed by atoms with E-state index >= 15 is 4.39 Å². The third-order valence-corrected chi connectivity index (χ3v) is 8.41. The Bertz CT molecular complexity index is 1140. The van der Waals surface area contributed by atoms with E-state index in [-0.39, 0.29) is 37.0 Å². The van der Waals surface area contributed by atoms with E-state index in [9.17, 15) is 21.6 Å². The molecule has 35 heavy (non-hydrogen) atoms. The number of nitrogens with zero attached hydrogens (tertiary/aromatic N) is 3. The summed E-state index contributed by atoms with van der Waals surface area (Å²) in [6.45, 7) is 0. The Morgan fingerprint density at radius 1 is 1.11 bits per heavy atom. The van der Waals surface area contributed by atoms with Crippen molar-refractivity contribution < 1.29 is 26.0 Å². The maximum absolute atomic E-state index is 15.2. The van der Waals surface area contributed by atoms with Crippen LogP contribution < -0.4 is 10.0 Å². The molecular weight excluding hydrogens is 486 g/mol. The number of hydrogen-bond donors (Lipinski definition) is 2. The number of benzene rings is 1. The Morgan fingerprint density at radius 3 is 2.43 bits per heavy atom. The van der Waals surface area contributed by atoms with Gasteiger partial charge in [-0.2, -0.15) is 13.2 Å². The molecule has 7 nitrogen and oxygen atoms in total. The first-order valence-electron chi connectivity index (χ1n) is 11.6. The van der Waals surface area contributed by atoms with Crippen molar-refractivity contribution in [1.82, 2.24) is 14.9 Å². The zero-order valence-electron chi connectivity index (χ0n) is 19.5. The van der Waals surface area contributed by atoms with Gasteiger partial charge in [0.05, 0.1) is 5.92 Å². The van der Waals surface area contributed by atoms with Gasteiger partial charge in [-0.3, -0.25) is 4.72 Å². The fraction of sp³-hybridized carbons (Fsp3) is 0.565. The monoisotopic (exact) mass is 515 g/mol. The highest BCUT2D eigenvalue weighted by molar-refractivity contribution is 7.92. The van der Waals surface area contributed by atoms with Gasteiger partial charge in [0, 0.05) is 24.0 Å². The van der Waals surface area contributed by atoms with Crippen molar-refractivity contribution in [3.8, 4) is 0 Å². The van der Waals surface area contributed by atoms with E-state index in [1.54, 1.807) is 19.0 Å². The molecule has 1 unspecified atom stereocenters. The van der Waals surface area contributed by atoms with E-state index in [2.05, 4.69) is 20.0 Å². The number of alkyl halides is 3. The quantitative estimate of drug-likeness (QED) is 0.518. The lowest BCUT2D eigenvalue weighted by Gasteiger charge is -2.41. The van der Waals surface area contributed by atoms with Crippen LogP contribution in [-0.4, -0.2) is 55.6 Å². The minimum absolute atomic E-state index is 0.0118. The molecule has 0 aliphatic heterocycles. The summed E-state index contributed by atoms with van der Waals surface area (Å²) in [7, 11) is -0.786. The van der Waals surface area contributed by atoms with Gasteiger partial charge in [-0.15, -0.1) is 0 Å². The average Bonchev–Trinajstić information content (AvgIpc) is 2.73. The Morgan fingerprint density at radius 2 is 1.86 bits per heavy atom. The third kappa shape index (κ3) is 5.69. The Labute approximate surface area is 202 Å². The lowest BCUT2D eigenvalue weighted by molar-refractivity contribution is -0.186. The molecule has 0 saturated heterocycles. The van der Waals surface area contributed by atoms with Crippen molar-refractivity contribution in [2.75, 3.05) is 24.1 Å². The van der Waals surface area contributed by atoms with Gasteiger partial charge in [0.15, 0.2) is 0 Å². The van der Waals surface area contributed by atoms with Crippen LogP contribution in [0.15, 0.2) is 35.6 Å². The van der Waals surface area contributed by atoms with E-state index in [1.165, 1.54) is 24.7 Å². The molecule has 0 amide bonds. The third-order valence-electron chi connectivity index (χ3n) is 7.04. The minimum atomic E-state index is -4.26. The molecule has 1 heterocycles. The van der Waals surface area contributed by atoms with E-state index in [1.807, 2.05) is 0 Å². The summed E-state index contributed by atoms with van der Waals surface area (Å²) >= 11 is 0. The van der Waals surface area contributed by atoms with Gasteiger partial charge < -0.3 is 10.2 Å². The van der Waals surface area contributed by atoms with Crippen LogP contribution in [0.1, 0.15) is 50.0 Å². The Balaban J connectivity index is 1.64. The topological polar surface area (TPSA) is 87.2 Å². The molecule has 1 aromatic heterocycles. The number of hydrogen-bond acceptors (Lipinski definition) is 6. The Kier molecular flexibility index (Phi) is 7.23. The number of rotatable bonds is 7. The largest absolute Gasteiger partial charge is 0.391 e. The van der Waals surface area contributed by atoms with E-state index in [4.69, 9.17) is 0 Å². The molecule has 3 atom stereocenters. The molecule has 2 aliphatic carbocycles. The number of halogens is 4. The second-order valence-corrected chi connectivity index (χ2v) is 11.2. The number of sulfonamides is 1. The van der Waals surface area contributed by atoms with Gasteiger partial charge >= 0.3 is 6.18 Å². The predicted octanol–water partition coefficient (Wildman–Crippen LogP) is 4.76. The number of nitrogens with one attached hydrogen (secondary N) is 2. The van der Waals surface area contributed by atoms with Crippen molar-refractivity contribution in [1.29, 1.82) is 0 Å². The highest BCUT2D eigenvalue weighted by Gasteiger charge is 2.45. The predicted molar refractivity (Wildman–Crippen MR) is 124 cm³/mol. The summed E-state index contributed by atoms with van der Waals surface area (Å²) in [6.07, 6.45) is 1.13. The maximum atomic E-state index is 15.2. The van der Waals surface area contributed by atoms with Crippen molar-refractivity contribution in [2.24, 2.45) is 5.92 Å². The van der Waals surface area contributed by atoms with E-state index in [0.29, 0.717) is 11.3 Å². The smallest absolute Gasteiger partial charge is 0.380 e. The molecule has 12 heteroatoms. The molecule has 2 N–H and O–H groups in total. The first-order valence-corrected chi connectivity index (χ1v) is 13.1. The van der Waals surface area contributed by atoms with Crippen LogP contribution in [-0.2, 0) is 10.0 Å². The minimum Gasteiger partial charge on any atom is -0.380 e. The van der Waals surface area contributed by atoms with Crippen LogP contribution in [0.5, 0.6) is 0 Å². The maximum Gasteiger partial charge on any atom is 0.391 e. The second-order valence-electron chi connectivity index (χ2n) is 9.53. The van der Waals surface area contributed by atoms with Crippen LogP contribution in [0.2, 0.25) is 0 Å². The summed E-state index contributed by atoms with van der Waals surface area (Å²) in [6, 6.07) is 3.12. The molecule has 2 fully saturated rings. The molecule has 0 spiro atoms. The summed E-state index contributed by atoms with van der Waals surface area (Å²) in [5.41, 5.74) is 1.10. The van der Waals surface area contributed by atoms with Gasteiger partial charge in [0.25, 0.3) is 10.0 Å². The van der Waals surface area contributed by atoms with E-state index < -0.39 is 38.9 Å². The van der Waals surface area contributed by atoms with Crippen LogP contribution in [0, 0.1) is 11.7 Å². The average molecular weight is 516 g/mol. The standard InChI is InChI=1S/C23H29F4N5O2S/c1-32(2)20-10-15(23(25,26)27)6-7-18(20)30-19-12-17(24)21(11-16(19)14-4-3-5-14)35(33,34)31-22-8-9-28-13-29-22/h8-9,11-15,18,20,30H,3-7,10H2,1-2H3,(H,28,29,31)/t15?,18-,20-/m0/s1. The highest BCUT2D eigenvalue weighted by Crippen LogP contribution is 2.44. The van der Waals surface area contributed by atoms with Gasteiger partial charge in [-0.05, 0) is 75.9 Å². The fourth-order valence-corrected chi connectivity index (χ4v) is 5.99. The lowest BCUT2D eigenvalue weighted by Crippen LogP contribution is -2.50. The zero-order chi connectivity index (χ0) is 25.4. The Hall–Kier alpha value is -2.47. The summed E-state index contributed by atoms with van der Waals surface area (Å²) in [5.74, 6) is -2.25. The van der Waals surface area contributed by atoms with Gasteiger partial charge in [-0.1, -0.05) is 6.42 Å². The summed E-state index contributed by atoms with van der Waals surface area (Å²) < 4.78 is 83.4. The van der Waals surface area contributed by atoms with Crippen LogP contribution >= 0.6 is 0 Å². The fourth-order valence-electron chi connectivity index (χ4n) is 4.88. The molecule has 2 saturated carbocycles. The van der Waals surface area contributed by atoms with Crippen molar-refractivity contribution in [3.63, 3.8) is 0 Å². The molecule has 192 valence electrons. The molecule has 0 bridgehead atoms. The first-order chi connectivity index (χ1) is 16.5. The molecule has 1 aromatic carbocycles. The molecule has 2 aromatic rings. The summed E-state index contributed by atoms with van der Waals surface area (Å²) in [5, 5.41) is 3.29. The lowest BCUT2D eigenvalue weighted by atomic mass is 9.78. The van der Waals surface area contributed by atoms with Gasteiger partial charge in [0.1, 0.15) is 22.9 Å². The second kappa shape index (κ2) is 9.88. The number of anilines is 2. The summed E-state index contributed by atoms with van der Waals surface area (Å²) in [4.78, 5) is 8.83. The van der Waals surface area contributed by atoms with Crippen molar-refractivity contribution in [3.05, 3.63) is 42.1 Å². The van der Waals surface area contributed by atoms with Crippen LogP contribution in [0.25, 0.3) is 0 Å². The molecule has 2 aliphatic rings. The molecular formula is C23H29F4N5O2S. The van der Waals surface area contributed by atoms with Crippen LogP contribution in [0.4, 0.5) is 29.1 Å². The molecule has 0 radical (unpaired) electrons. The zero-order valence-corrected chi connectivity index (χ0v) is 20.3. The normalized spacial score (nSPS) is 23.7. The van der Waals surface area contributed by atoms with Crippen LogP contribution in [0.3, 0.4) is 0 Å². The number of likely N-dealkylation sites (N-methyl/N-ethyl adjacent to an activating group) is 1. The number of aromatic nitrogens is 2. The highest BCUT2D eigenvalue weighted by atomic mass is 32.2. The van der Waals surface area contributed by atoms with Gasteiger partial charge in [0.2, 0.25) is 0 Å². The SMILES string of the molecule is CN(C)[C@H]1CC(C(F)(F)F)CC[C@@H]1Nc1cc(F)c(S(=O)(=O)Nc2ccncn2)cc1C1CCC1. The van der Waals surface area contributed by atoms with E-state index in [0.717, 1.165) is 25.3 Å². The van der Waals surface area contributed by atoms with Crippen molar-refractivity contribution >= 4 is 21.5 Å². The first kappa shape index (κ1) is 25.6.